The lowest BCUT2D eigenvalue weighted by Crippen LogP contribution is -2.06. The number of nitrogens with zero attached hydrogens (tertiary/aromatic N) is 2. The number of amides is 1. The van der Waals surface area contributed by atoms with Gasteiger partial charge in [-0.1, -0.05) is 18.2 Å². The molecule has 1 atom stereocenters. The number of carbonyl (C=O) groups is 1. The average Bonchev–Trinajstić information content (AvgIpc) is 2.47. The Morgan fingerprint density at radius 3 is 2.60 bits per heavy atom. The molecule has 1 aromatic heterocycles. The van der Waals surface area contributed by atoms with E-state index in [1.165, 1.54) is 18.5 Å². The molecule has 0 aliphatic carbocycles. The number of pyridine rings is 1. The van der Waals surface area contributed by atoms with Crippen LogP contribution in [0.15, 0.2) is 57.9 Å². The minimum Gasteiger partial charge on any atom is -0.266 e. The quantitative estimate of drug-likeness (QED) is 0.795. The van der Waals surface area contributed by atoms with Gasteiger partial charge in [0.25, 0.3) is 5.91 Å². The molecular weight excluding hydrogens is 272 g/mol. The third-order valence-electron chi connectivity index (χ3n) is 2.61. The molecule has 0 bridgehead atoms. The van der Waals surface area contributed by atoms with E-state index in [0.29, 0.717) is 4.90 Å². The van der Waals surface area contributed by atoms with Crippen LogP contribution in [0.3, 0.4) is 0 Å². The summed E-state index contributed by atoms with van der Waals surface area (Å²) < 4.78 is 16.3. The molecule has 1 amide bonds. The molecule has 0 radical (unpaired) electrons. The fourth-order valence-corrected chi connectivity index (χ4v) is 2.81. The van der Waals surface area contributed by atoms with E-state index < -0.39 is 15.6 Å². The number of hydrogen-bond donors (Lipinski definition) is 0. The Bertz CT molecular complexity index is 798. The number of rotatable bonds is 2. The predicted octanol–water partition coefficient (Wildman–Crippen LogP) is 2.36. The second kappa shape index (κ2) is 5.68. The Morgan fingerprint density at radius 2 is 1.95 bits per heavy atom. The van der Waals surface area contributed by atoms with Crippen LogP contribution in [0.4, 0.5) is 0 Å². The Morgan fingerprint density at radius 1 is 1.25 bits per heavy atom. The summed E-state index contributed by atoms with van der Waals surface area (Å²) in [5.41, 5.74) is 0.380. The van der Waals surface area contributed by atoms with Gasteiger partial charge < -0.3 is 0 Å². The lowest BCUT2D eigenvalue weighted by atomic mass is 10.2. The monoisotopic (exact) mass is 284 g/mol. The molecule has 0 spiro atoms. The highest BCUT2D eigenvalue weighted by molar-refractivity contribution is 7.93. The summed E-state index contributed by atoms with van der Waals surface area (Å²) in [5, 5.41) is 0. The van der Waals surface area contributed by atoms with Crippen molar-refractivity contribution in [1.29, 1.82) is 0 Å². The Kier molecular flexibility index (Phi) is 3.97. The van der Waals surface area contributed by atoms with E-state index in [4.69, 9.17) is 6.42 Å². The molecule has 1 heterocycles. The van der Waals surface area contributed by atoms with Crippen LogP contribution in [0.2, 0.25) is 0 Å². The van der Waals surface area contributed by atoms with E-state index in [0.717, 1.165) is 0 Å². The first-order valence-corrected chi connectivity index (χ1v) is 7.70. The molecular formula is C15H12N2O2S. The molecule has 2 rings (SSSR count). The summed E-state index contributed by atoms with van der Waals surface area (Å²) in [6, 6.07) is 11.7. The van der Waals surface area contributed by atoms with Crippen LogP contribution in [0.1, 0.15) is 16.1 Å². The molecule has 0 saturated heterocycles. The van der Waals surface area contributed by atoms with Crippen LogP contribution in [0, 0.1) is 12.3 Å². The van der Waals surface area contributed by atoms with Crippen molar-refractivity contribution in [3.05, 3.63) is 59.9 Å². The second-order valence-corrected chi connectivity index (χ2v) is 6.31. The summed E-state index contributed by atoms with van der Waals surface area (Å²) in [7, 11) is -2.80. The van der Waals surface area contributed by atoms with Crippen molar-refractivity contribution in [2.45, 2.75) is 4.90 Å². The minimum atomic E-state index is -2.80. The minimum absolute atomic E-state index is 0.181. The lowest BCUT2D eigenvalue weighted by molar-refractivity contribution is 0.100. The average molecular weight is 284 g/mol. The van der Waals surface area contributed by atoms with Crippen molar-refractivity contribution >= 4 is 15.6 Å². The first-order chi connectivity index (χ1) is 9.54. The maximum absolute atomic E-state index is 12.5. The Hall–Kier alpha value is -2.45. The summed E-state index contributed by atoms with van der Waals surface area (Å²) in [4.78, 5) is 16.5. The molecule has 0 N–H and O–H groups in total. The summed E-state index contributed by atoms with van der Waals surface area (Å²) in [5.74, 6) is 1.69. The Balaban J connectivity index is 2.48. The van der Waals surface area contributed by atoms with Crippen LogP contribution in [0.5, 0.6) is 0 Å². The van der Waals surface area contributed by atoms with Gasteiger partial charge in [-0.15, -0.1) is 6.42 Å². The van der Waals surface area contributed by atoms with E-state index in [9.17, 15) is 9.00 Å². The molecule has 20 heavy (non-hydrogen) atoms. The van der Waals surface area contributed by atoms with Gasteiger partial charge in [0, 0.05) is 17.3 Å². The van der Waals surface area contributed by atoms with Crippen LogP contribution in [-0.2, 0) is 9.73 Å². The van der Waals surface area contributed by atoms with E-state index in [1.807, 2.05) is 0 Å². The van der Waals surface area contributed by atoms with Crippen molar-refractivity contribution < 1.29 is 9.00 Å². The van der Waals surface area contributed by atoms with Crippen molar-refractivity contribution in [3.8, 4) is 12.3 Å². The number of terminal acetylenes is 1. The second-order valence-electron chi connectivity index (χ2n) is 4.06. The highest BCUT2D eigenvalue weighted by Gasteiger charge is 2.14. The van der Waals surface area contributed by atoms with Gasteiger partial charge in [0.1, 0.15) is 5.69 Å². The van der Waals surface area contributed by atoms with Gasteiger partial charge in [0.15, 0.2) is 0 Å². The highest BCUT2D eigenvalue weighted by Crippen LogP contribution is 2.13. The molecule has 0 aliphatic heterocycles. The maximum atomic E-state index is 12.5. The topological polar surface area (TPSA) is 59.4 Å². The third-order valence-corrected chi connectivity index (χ3v) is 4.27. The predicted molar refractivity (Wildman–Crippen MR) is 77.7 cm³/mol. The maximum Gasteiger partial charge on any atom is 0.288 e. The van der Waals surface area contributed by atoms with E-state index in [2.05, 4.69) is 15.3 Å². The lowest BCUT2D eigenvalue weighted by Gasteiger charge is -2.04. The molecule has 0 saturated carbocycles. The number of aromatic nitrogens is 1. The number of benzene rings is 1. The standard InChI is InChI=1S/C15H12N2O2S/c1-3-14-13(10-7-11-16-14)15(18)17-20(2,19)12-8-5-4-6-9-12/h1,4-11H,2H3. The van der Waals surface area contributed by atoms with Gasteiger partial charge in [-0.05, 0) is 30.2 Å². The fraction of sp³-hybridized carbons (Fsp3) is 0.0667. The zero-order valence-electron chi connectivity index (χ0n) is 10.8. The first-order valence-electron chi connectivity index (χ1n) is 5.78. The SMILES string of the molecule is C#Cc1ncccc1C(=O)N=S(C)(=O)c1ccccc1. The number of hydrogen-bond acceptors (Lipinski definition) is 3. The first kappa shape index (κ1) is 14.0. The summed E-state index contributed by atoms with van der Waals surface area (Å²) in [6.07, 6.45) is 8.20. The van der Waals surface area contributed by atoms with Crippen molar-refractivity contribution in [3.63, 3.8) is 0 Å². The van der Waals surface area contributed by atoms with Crippen LogP contribution < -0.4 is 0 Å². The Labute approximate surface area is 118 Å². The molecule has 5 heteroatoms. The van der Waals surface area contributed by atoms with Gasteiger partial charge >= 0.3 is 0 Å². The van der Waals surface area contributed by atoms with Gasteiger partial charge in [-0.2, -0.15) is 4.36 Å². The molecule has 2 aromatic rings. The van der Waals surface area contributed by atoms with Gasteiger partial charge in [-0.3, -0.25) is 4.79 Å². The van der Waals surface area contributed by atoms with Crippen molar-refractivity contribution in [1.82, 2.24) is 4.98 Å². The van der Waals surface area contributed by atoms with Gasteiger partial charge in [0.05, 0.1) is 15.3 Å². The van der Waals surface area contributed by atoms with Crippen molar-refractivity contribution in [2.75, 3.05) is 6.26 Å². The van der Waals surface area contributed by atoms with Crippen LogP contribution in [0.25, 0.3) is 0 Å². The molecule has 4 nitrogen and oxygen atoms in total. The summed E-state index contributed by atoms with van der Waals surface area (Å²) in [6.45, 7) is 0. The normalized spacial score (nSPS) is 13.0. The summed E-state index contributed by atoms with van der Waals surface area (Å²) >= 11 is 0. The van der Waals surface area contributed by atoms with Crippen LogP contribution in [-0.4, -0.2) is 21.4 Å². The fourth-order valence-electron chi connectivity index (χ4n) is 1.63. The zero-order chi connectivity index (χ0) is 14.6. The molecule has 0 fully saturated rings. The van der Waals surface area contributed by atoms with E-state index in [-0.39, 0.29) is 11.3 Å². The van der Waals surface area contributed by atoms with Crippen molar-refractivity contribution in [2.24, 2.45) is 4.36 Å². The van der Waals surface area contributed by atoms with E-state index >= 15 is 0 Å². The van der Waals surface area contributed by atoms with E-state index in [1.54, 1.807) is 36.4 Å². The molecule has 100 valence electrons. The molecule has 1 unspecified atom stereocenters. The van der Waals surface area contributed by atoms with Gasteiger partial charge in [0.2, 0.25) is 0 Å². The highest BCUT2D eigenvalue weighted by atomic mass is 32.2. The molecule has 1 aromatic carbocycles. The molecule has 0 aliphatic rings. The smallest absolute Gasteiger partial charge is 0.266 e. The zero-order valence-corrected chi connectivity index (χ0v) is 11.6. The number of carbonyl (C=O) groups excluding carboxylic acids is 1. The third kappa shape index (κ3) is 2.92. The largest absolute Gasteiger partial charge is 0.288 e. The van der Waals surface area contributed by atoms with Crippen LogP contribution >= 0.6 is 0 Å². The van der Waals surface area contributed by atoms with Gasteiger partial charge in [-0.25, -0.2) is 9.19 Å².